The molecule has 1 N–H and O–H groups in total. The van der Waals surface area contributed by atoms with E-state index in [1.54, 1.807) is 7.11 Å². The van der Waals surface area contributed by atoms with Gasteiger partial charge in [0.05, 0.1) is 7.11 Å². The summed E-state index contributed by atoms with van der Waals surface area (Å²) in [4.78, 5) is 0. The number of hydrogen-bond acceptors (Lipinski definition) is 2. The third-order valence-corrected chi connectivity index (χ3v) is 5.11. The summed E-state index contributed by atoms with van der Waals surface area (Å²) < 4.78 is 5.47. The largest absolute Gasteiger partial charge is 0.496 e. The maximum Gasteiger partial charge on any atom is 0.122 e. The number of hydrogen-bond donors (Lipinski definition) is 1. The van der Waals surface area contributed by atoms with Crippen molar-refractivity contribution in [2.45, 2.75) is 45.6 Å². The molecule has 3 heteroatoms. The third-order valence-electron chi connectivity index (χ3n) is 4.88. The van der Waals surface area contributed by atoms with Crippen molar-refractivity contribution in [3.63, 3.8) is 0 Å². The SMILES string of the molecule is CNC(Cc1cc(Cl)ccc1OC)C1CCCC1(C)C. The summed E-state index contributed by atoms with van der Waals surface area (Å²) >= 11 is 6.14. The van der Waals surface area contributed by atoms with Crippen LogP contribution in [0.3, 0.4) is 0 Å². The zero-order valence-electron chi connectivity index (χ0n) is 13.0. The molecule has 0 radical (unpaired) electrons. The van der Waals surface area contributed by atoms with E-state index in [9.17, 15) is 0 Å². The van der Waals surface area contributed by atoms with Gasteiger partial charge in [0.2, 0.25) is 0 Å². The van der Waals surface area contributed by atoms with Crippen molar-refractivity contribution < 1.29 is 4.74 Å². The van der Waals surface area contributed by atoms with Crippen LogP contribution in [0.5, 0.6) is 5.75 Å². The van der Waals surface area contributed by atoms with Crippen molar-refractivity contribution in [3.05, 3.63) is 28.8 Å². The van der Waals surface area contributed by atoms with E-state index in [-0.39, 0.29) is 0 Å². The number of nitrogens with one attached hydrogen (secondary N) is 1. The Morgan fingerprint density at radius 1 is 1.45 bits per heavy atom. The van der Waals surface area contributed by atoms with Crippen molar-refractivity contribution in [2.75, 3.05) is 14.2 Å². The second-order valence-corrected chi connectivity index (χ2v) is 6.98. The number of benzene rings is 1. The highest BCUT2D eigenvalue weighted by Crippen LogP contribution is 2.45. The maximum atomic E-state index is 6.14. The fourth-order valence-corrected chi connectivity index (χ4v) is 3.88. The molecular weight excluding hydrogens is 270 g/mol. The Morgan fingerprint density at radius 2 is 2.20 bits per heavy atom. The molecule has 2 atom stereocenters. The predicted molar refractivity (Wildman–Crippen MR) is 85.7 cm³/mol. The highest BCUT2D eigenvalue weighted by molar-refractivity contribution is 6.30. The molecule has 1 saturated carbocycles. The molecule has 0 amide bonds. The average molecular weight is 296 g/mol. The summed E-state index contributed by atoms with van der Waals surface area (Å²) in [6, 6.07) is 6.36. The summed E-state index contributed by atoms with van der Waals surface area (Å²) in [7, 11) is 3.79. The van der Waals surface area contributed by atoms with Gasteiger partial charge in [-0.25, -0.2) is 0 Å². The normalized spacial score (nSPS) is 22.8. The smallest absolute Gasteiger partial charge is 0.122 e. The molecule has 2 nitrogen and oxygen atoms in total. The number of likely N-dealkylation sites (N-methyl/N-ethyl adjacent to an activating group) is 1. The van der Waals surface area contributed by atoms with Gasteiger partial charge < -0.3 is 10.1 Å². The molecule has 1 aromatic carbocycles. The molecule has 20 heavy (non-hydrogen) atoms. The fourth-order valence-electron chi connectivity index (χ4n) is 3.69. The summed E-state index contributed by atoms with van der Waals surface area (Å²) in [5.74, 6) is 1.64. The van der Waals surface area contributed by atoms with Gasteiger partial charge in [0.15, 0.2) is 0 Å². The van der Waals surface area contributed by atoms with Crippen molar-refractivity contribution in [1.29, 1.82) is 0 Å². The molecule has 0 spiro atoms. The van der Waals surface area contributed by atoms with Gasteiger partial charge in [-0.2, -0.15) is 0 Å². The Bertz CT molecular complexity index is 458. The molecule has 1 fully saturated rings. The predicted octanol–water partition coefficient (Wildman–Crippen LogP) is 4.31. The first-order valence-electron chi connectivity index (χ1n) is 7.47. The van der Waals surface area contributed by atoms with E-state index < -0.39 is 0 Å². The van der Waals surface area contributed by atoms with E-state index in [0.29, 0.717) is 17.4 Å². The topological polar surface area (TPSA) is 21.3 Å². The van der Waals surface area contributed by atoms with E-state index in [1.807, 2.05) is 18.2 Å². The quantitative estimate of drug-likeness (QED) is 0.874. The van der Waals surface area contributed by atoms with Gasteiger partial charge in [-0.1, -0.05) is 31.9 Å². The van der Waals surface area contributed by atoms with Crippen LogP contribution in [-0.2, 0) is 6.42 Å². The summed E-state index contributed by atoms with van der Waals surface area (Å²) in [6.07, 6.45) is 4.93. The monoisotopic (exact) mass is 295 g/mol. The number of halogens is 1. The van der Waals surface area contributed by atoms with Crippen molar-refractivity contribution in [1.82, 2.24) is 5.32 Å². The molecule has 112 valence electrons. The minimum absolute atomic E-state index is 0.416. The summed E-state index contributed by atoms with van der Waals surface area (Å²) in [6.45, 7) is 4.79. The lowest BCUT2D eigenvalue weighted by molar-refractivity contribution is 0.201. The Kier molecular flexibility index (Phi) is 4.98. The van der Waals surface area contributed by atoms with Gasteiger partial charge in [-0.05, 0) is 61.4 Å². The minimum Gasteiger partial charge on any atom is -0.496 e. The van der Waals surface area contributed by atoms with Crippen LogP contribution in [0.25, 0.3) is 0 Å². The second-order valence-electron chi connectivity index (χ2n) is 6.54. The molecule has 2 rings (SSSR count). The third kappa shape index (κ3) is 3.29. The van der Waals surface area contributed by atoms with Crippen LogP contribution in [0.2, 0.25) is 5.02 Å². The van der Waals surface area contributed by atoms with Crippen molar-refractivity contribution in [2.24, 2.45) is 11.3 Å². The van der Waals surface area contributed by atoms with Crippen LogP contribution in [0.1, 0.15) is 38.7 Å². The van der Waals surface area contributed by atoms with Crippen molar-refractivity contribution in [3.8, 4) is 5.75 Å². The Labute approximate surface area is 127 Å². The number of ether oxygens (including phenoxy) is 1. The minimum atomic E-state index is 0.416. The van der Waals surface area contributed by atoms with Gasteiger partial charge in [-0.3, -0.25) is 0 Å². The molecule has 0 saturated heterocycles. The lowest BCUT2D eigenvalue weighted by atomic mass is 9.76. The van der Waals surface area contributed by atoms with E-state index in [2.05, 4.69) is 26.2 Å². The molecule has 0 bridgehead atoms. The van der Waals surface area contributed by atoms with E-state index in [1.165, 1.54) is 24.8 Å². The van der Waals surface area contributed by atoms with Crippen LogP contribution >= 0.6 is 11.6 Å². The lowest BCUT2D eigenvalue weighted by Gasteiger charge is -2.34. The van der Waals surface area contributed by atoms with Gasteiger partial charge in [0.1, 0.15) is 5.75 Å². The molecular formula is C17H26ClNO. The zero-order chi connectivity index (χ0) is 14.8. The maximum absolute atomic E-state index is 6.14. The highest BCUT2D eigenvalue weighted by Gasteiger charge is 2.39. The van der Waals surface area contributed by atoms with Crippen LogP contribution in [0, 0.1) is 11.3 Å². The van der Waals surface area contributed by atoms with E-state index in [4.69, 9.17) is 16.3 Å². The first-order chi connectivity index (χ1) is 9.47. The van der Waals surface area contributed by atoms with Gasteiger partial charge in [0.25, 0.3) is 0 Å². The van der Waals surface area contributed by atoms with Crippen molar-refractivity contribution >= 4 is 11.6 Å². The number of methoxy groups -OCH3 is 1. The lowest BCUT2D eigenvalue weighted by Crippen LogP contribution is -2.40. The molecule has 0 aliphatic heterocycles. The molecule has 2 unspecified atom stereocenters. The van der Waals surface area contributed by atoms with E-state index in [0.717, 1.165) is 17.2 Å². The van der Waals surface area contributed by atoms with Crippen LogP contribution in [0.4, 0.5) is 0 Å². The number of rotatable bonds is 5. The molecule has 1 aliphatic carbocycles. The fraction of sp³-hybridized carbons (Fsp3) is 0.647. The van der Waals surface area contributed by atoms with Crippen LogP contribution in [-0.4, -0.2) is 20.2 Å². The first kappa shape index (κ1) is 15.7. The van der Waals surface area contributed by atoms with E-state index >= 15 is 0 Å². The highest BCUT2D eigenvalue weighted by atomic mass is 35.5. The molecule has 0 aromatic heterocycles. The molecule has 0 heterocycles. The second kappa shape index (κ2) is 6.36. The Balaban J connectivity index is 2.20. The first-order valence-corrected chi connectivity index (χ1v) is 7.85. The summed E-state index contributed by atoms with van der Waals surface area (Å²) in [5.41, 5.74) is 1.61. The van der Waals surface area contributed by atoms with Gasteiger partial charge >= 0.3 is 0 Å². The summed E-state index contributed by atoms with van der Waals surface area (Å²) in [5, 5.41) is 4.30. The van der Waals surface area contributed by atoms with Gasteiger partial charge in [0, 0.05) is 11.1 Å². The average Bonchev–Trinajstić information content (AvgIpc) is 2.76. The standard InChI is InChI=1S/C17H26ClNO/c1-17(2)9-5-6-14(17)15(19-3)11-12-10-13(18)7-8-16(12)20-4/h7-8,10,14-15,19H,5-6,9,11H2,1-4H3. The zero-order valence-corrected chi connectivity index (χ0v) is 13.8. The molecule has 1 aromatic rings. The Morgan fingerprint density at radius 3 is 2.75 bits per heavy atom. The van der Waals surface area contributed by atoms with Gasteiger partial charge in [-0.15, -0.1) is 0 Å². The molecule has 1 aliphatic rings. The van der Waals surface area contributed by atoms with Crippen LogP contribution in [0.15, 0.2) is 18.2 Å². The Hall–Kier alpha value is -0.730. The van der Waals surface area contributed by atoms with Crippen LogP contribution < -0.4 is 10.1 Å².